The van der Waals surface area contributed by atoms with Crippen LogP contribution in [0.2, 0.25) is 0 Å². The molecule has 1 aliphatic rings. The minimum absolute atomic E-state index is 0.230. The summed E-state index contributed by atoms with van der Waals surface area (Å²) in [6.45, 7) is 2.03. The van der Waals surface area contributed by atoms with Crippen LogP contribution >= 0.6 is 0 Å². The summed E-state index contributed by atoms with van der Waals surface area (Å²) in [5, 5.41) is 11.9. The van der Waals surface area contributed by atoms with Crippen molar-refractivity contribution in [1.29, 1.82) is 0 Å². The fourth-order valence-corrected chi connectivity index (χ4v) is 3.23. The lowest BCUT2D eigenvalue weighted by Gasteiger charge is -2.29. The summed E-state index contributed by atoms with van der Waals surface area (Å²) in [5.74, 6) is -3.29. The Bertz CT molecular complexity index is 964. The van der Waals surface area contributed by atoms with Crippen LogP contribution in [0.5, 0.6) is 0 Å². The van der Waals surface area contributed by atoms with Crippen LogP contribution < -0.4 is 16.5 Å². The molecule has 1 atom stereocenters. The zero-order valence-corrected chi connectivity index (χ0v) is 18.3. The molecule has 0 bridgehead atoms. The van der Waals surface area contributed by atoms with Crippen molar-refractivity contribution in [2.24, 2.45) is 5.73 Å². The molecule has 0 radical (unpaired) electrons. The van der Waals surface area contributed by atoms with E-state index in [0.717, 1.165) is 37.1 Å². The molecule has 34 heavy (non-hydrogen) atoms. The second kappa shape index (κ2) is 12.7. The Labute approximate surface area is 194 Å². The van der Waals surface area contributed by atoms with E-state index >= 15 is 0 Å². The van der Waals surface area contributed by atoms with Gasteiger partial charge in [-0.3, -0.25) is 15.0 Å². The Kier molecular flexibility index (Phi) is 10.0. The lowest BCUT2D eigenvalue weighted by molar-refractivity contribution is -0.192. The third kappa shape index (κ3) is 8.49. The first kappa shape index (κ1) is 26.8. The third-order valence-corrected chi connectivity index (χ3v) is 4.96. The predicted molar refractivity (Wildman–Crippen MR) is 118 cm³/mol. The van der Waals surface area contributed by atoms with Gasteiger partial charge in [-0.1, -0.05) is 48.9 Å². The fourth-order valence-electron chi connectivity index (χ4n) is 3.23. The number of carboxylic acids is 1. The highest BCUT2D eigenvalue weighted by molar-refractivity contribution is 5.98. The second-order valence-corrected chi connectivity index (χ2v) is 7.55. The third-order valence-electron chi connectivity index (χ3n) is 4.96. The molecule has 5 N–H and O–H groups in total. The van der Waals surface area contributed by atoms with E-state index in [4.69, 9.17) is 15.6 Å². The van der Waals surface area contributed by atoms with Crippen LogP contribution in [0.15, 0.2) is 54.6 Å². The van der Waals surface area contributed by atoms with E-state index in [1.807, 2.05) is 41.4 Å². The van der Waals surface area contributed by atoms with Gasteiger partial charge in [0.15, 0.2) is 0 Å². The molecule has 1 fully saturated rings. The fraction of sp³-hybridized carbons (Fsp3) is 0.348. The number of aliphatic carboxylic acids is 1. The number of nitrogens with one attached hydrogen (secondary N) is 2. The van der Waals surface area contributed by atoms with Crippen LogP contribution in [0.4, 0.5) is 13.2 Å². The van der Waals surface area contributed by atoms with Crippen LogP contribution in [0.25, 0.3) is 0 Å². The summed E-state index contributed by atoms with van der Waals surface area (Å²) in [4.78, 5) is 34.6. The van der Waals surface area contributed by atoms with Gasteiger partial charge >= 0.3 is 12.1 Å². The molecule has 0 saturated carbocycles. The smallest absolute Gasteiger partial charge is 0.475 e. The lowest BCUT2D eigenvalue weighted by atomic mass is 10.0. The predicted octanol–water partition coefficient (Wildman–Crippen LogP) is 2.77. The highest BCUT2D eigenvalue weighted by Gasteiger charge is 2.38. The first-order valence-electron chi connectivity index (χ1n) is 10.6. The maximum Gasteiger partial charge on any atom is 0.490 e. The van der Waals surface area contributed by atoms with Crippen molar-refractivity contribution in [1.82, 2.24) is 15.8 Å². The molecule has 0 spiro atoms. The van der Waals surface area contributed by atoms with Crippen molar-refractivity contribution >= 4 is 17.8 Å². The van der Waals surface area contributed by atoms with Crippen molar-refractivity contribution in [2.75, 3.05) is 13.1 Å². The van der Waals surface area contributed by atoms with Crippen LogP contribution in [0.3, 0.4) is 0 Å². The van der Waals surface area contributed by atoms with Gasteiger partial charge < -0.3 is 16.2 Å². The van der Waals surface area contributed by atoms with Gasteiger partial charge in [-0.15, -0.1) is 0 Å². The number of nitrogens with zero attached hydrogens (tertiary/aromatic N) is 1. The number of carbonyl (C=O) groups excluding carboxylic acids is 2. The average molecular weight is 480 g/mol. The van der Waals surface area contributed by atoms with Crippen molar-refractivity contribution in [2.45, 2.75) is 38.0 Å². The summed E-state index contributed by atoms with van der Waals surface area (Å²) in [7, 11) is 0. The summed E-state index contributed by atoms with van der Waals surface area (Å²) < 4.78 is 31.7. The quantitative estimate of drug-likeness (QED) is 0.504. The van der Waals surface area contributed by atoms with E-state index in [9.17, 15) is 22.8 Å². The summed E-state index contributed by atoms with van der Waals surface area (Å²) in [6, 6.07) is 15.7. The topological polar surface area (TPSA) is 125 Å². The van der Waals surface area contributed by atoms with Gasteiger partial charge in [-0.2, -0.15) is 13.2 Å². The normalized spacial score (nSPS) is 14.8. The SMILES string of the molecule is NCc1cccc(C(=O)NC(C(=O)NN2CCCCC2)c2ccccc2)c1.O=C(O)C(F)(F)F. The Hall–Kier alpha value is -3.44. The monoisotopic (exact) mass is 480 g/mol. The number of rotatable bonds is 6. The molecular formula is C23H27F3N4O4. The van der Waals surface area contributed by atoms with Gasteiger partial charge in [0, 0.05) is 25.2 Å². The number of halogens is 3. The van der Waals surface area contributed by atoms with Crippen LogP contribution in [0, 0.1) is 0 Å². The van der Waals surface area contributed by atoms with Gasteiger partial charge in [-0.05, 0) is 36.1 Å². The van der Waals surface area contributed by atoms with Gasteiger partial charge in [0.1, 0.15) is 6.04 Å². The van der Waals surface area contributed by atoms with Crippen LogP contribution in [-0.2, 0) is 16.1 Å². The first-order valence-corrected chi connectivity index (χ1v) is 10.6. The molecule has 0 aromatic heterocycles. The van der Waals surface area contributed by atoms with Gasteiger partial charge in [0.25, 0.3) is 11.8 Å². The number of hydrazine groups is 1. The van der Waals surface area contributed by atoms with Gasteiger partial charge in [0.05, 0.1) is 0 Å². The Morgan fingerprint density at radius 2 is 1.62 bits per heavy atom. The van der Waals surface area contributed by atoms with Crippen molar-refractivity contribution in [3.63, 3.8) is 0 Å². The standard InChI is InChI=1S/C21H26N4O2.C2HF3O2/c22-15-16-8-7-11-18(14-16)20(26)23-19(17-9-3-1-4-10-17)21(27)24-25-12-5-2-6-13-25;3-2(4,5)1(6)7/h1,3-4,7-11,14,19H,2,5-6,12-13,15,22H2,(H,23,26)(H,24,27);(H,6,7). The molecule has 1 saturated heterocycles. The molecule has 2 aromatic rings. The average Bonchev–Trinajstić information content (AvgIpc) is 2.83. The Morgan fingerprint density at radius 1 is 1.00 bits per heavy atom. The molecule has 2 amide bonds. The summed E-state index contributed by atoms with van der Waals surface area (Å²) in [5.41, 5.74) is 10.7. The zero-order valence-electron chi connectivity index (χ0n) is 18.3. The van der Waals surface area contributed by atoms with Crippen LogP contribution in [-0.4, -0.2) is 47.2 Å². The molecule has 0 aliphatic carbocycles. The minimum atomic E-state index is -5.08. The van der Waals surface area contributed by atoms with Crippen molar-refractivity contribution < 1.29 is 32.7 Å². The van der Waals surface area contributed by atoms with E-state index in [1.165, 1.54) is 6.42 Å². The highest BCUT2D eigenvalue weighted by atomic mass is 19.4. The van der Waals surface area contributed by atoms with E-state index in [-0.39, 0.29) is 11.8 Å². The minimum Gasteiger partial charge on any atom is -0.475 e. The molecular weight excluding hydrogens is 453 g/mol. The maximum absolute atomic E-state index is 12.9. The number of benzene rings is 2. The second-order valence-electron chi connectivity index (χ2n) is 7.55. The molecule has 1 heterocycles. The van der Waals surface area contributed by atoms with E-state index in [0.29, 0.717) is 12.1 Å². The number of hydrogen-bond donors (Lipinski definition) is 4. The summed E-state index contributed by atoms with van der Waals surface area (Å²) in [6.07, 6.45) is -1.77. The lowest BCUT2D eigenvalue weighted by Crippen LogP contribution is -2.50. The Balaban J connectivity index is 0.000000509. The molecule has 1 aliphatic heterocycles. The van der Waals surface area contributed by atoms with Crippen molar-refractivity contribution in [3.05, 3.63) is 71.3 Å². The molecule has 3 rings (SSSR count). The molecule has 8 nitrogen and oxygen atoms in total. The first-order chi connectivity index (χ1) is 16.1. The Morgan fingerprint density at radius 3 is 2.18 bits per heavy atom. The van der Waals surface area contributed by atoms with Crippen LogP contribution in [0.1, 0.15) is 46.8 Å². The van der Waals surface area contributed by atoms with E-state index in [2.05, 4.69) is 10.7 Å². The van der Waals surface area contributed by atoms with E-state index in [1.54, 1.807) is 18.2 Å². The zero-order chi connectivity index (χ0) is 25.1. The number of hydrogen-bond acceptors (Lipinski definition) is 5. The van der Waals surface area contributed by atoms with Gasteiger partial charge in [0.2, 0.25) is 0 Å². The molecule has 1 unspecified atom stereocenters. The highest BCUT2D eigenvalue weighted by Crippen LogP contribution is 2.16. The maximum atomic E-state index is 12.9. The largest absolute Gasteiger partial charge is 0.490 e. The van der Waals surface area contributed by atoms with Gasteiger partial charge in [-0.25, -0.2) is 9.80 Å². The summed E-state index contributed by atoms with van der Waals surface area (Å²) >= 11 is 0. The molecule has 2 aromatic carbocycles. The number of carbonyl (C=O) groups is 3. The number of carboxylic acid groups (broad SMARTS) is 1. The number of amides is 2. The number of alkyl halides is 3. The van der Waals surface area contributed by atoms with Crippen molar-refractivity contribution in [3.8, 4) is 0 Å². The molecule has 11 heteroatoms. The molecule has 184 valence electrons. The number of nitrogens with two attached hydrogens (primary N) is 1. The number of piperidine rings is 1. The van der Waals surface area contributed by atoms with E-state index < -0.39 is 18.2 Å².